The Bertz CT molecular complexity index is 1480. The predicted molar refractivity (Wildman–Crippen MR) is 149 cm³/mol. The SMILES string of the molecule is CCCCOC(=O)c1ccc(-c2ccc(/C=C3\SC(=S)N(c4cccc5ccccc45)C3=O)o2)cc1. The zero-order chi connectivity index (χ0) is 25.1. The van der Waals surface area contributed by atoms with E-state index in [1.54, 1.807) is 23.1 Å². The lowest BCUT2D eigenvalue weighted by Crippen LogP contribution is -2.27. The van der Waals surface area contributed by atoms with Crippen molar-refractivity contribution < 1.29 is 18.7 Å². The number of carbonyl (C=O) groups is 2. The van der Waals surface area contributed by atoms with Crippen molar-refractivity contribution in [2.24, 2.45) is 0 Å². The summed E-state index contributed by atoms with van der Waals surface area (Å²) in [6.07, 6.45) is 3.54. The Morgan fingerprint density at radius 1 is 1.03 bits per heavy atom. The number of nitrogens with zero attached hydrogens (tertiary/aromatic N) is 1. The van der Waals surface area contributed by atoms with Crippen molar-refractivity contribution in [1.82, 2.24) is 0 Å². The van der Waals surface area contributed by atoms with Crippen molar-refractivity contribution in [3.8, 4) is 11.3 Å². The molecule has 0 unspecified atom stereocenters. The summed E-state index contributed by atoms with van der Waals surface area (Å²) in [4.78, 5) is 27.5. The van der Waals surface area contributed by atoms with Crippen LogP contribution >= 0.6 is 24.0 Å². The van der Waals surface area contributed by atoms with E-state index in [0.29, 0.717) is 32.9 Å². The average molecular weight is 514 g/mol. The third-order valence-electron chi connectivity index (χ3n) is 5.84. The highest BCUT2D eigenvalue weighted by molar-refractivity contribution is 8.27. The van der Waals surface area contributed by atoms with Gasteiger partial charge in [0.1, 0.15) is 11.5 Å². The number of hydrogen-bond donors (Lipinski definition) is 0. The van der Waals surface area contributed by atoms with E-state index in [1.807, 2.05) is 73.7 Å². The van der Waals surface area contributed by atoms with Crippen LogP contribution in [0.15, 0.2) is 88.2 Å². The van der Waals surface area contributed by atoms with Gasteiger partial charge in [-0.1, -0.05) is 85.9 Å². The first kappa shape index (κ1) is 24.0. The topological polar surface area (TPSA) is 59.8 Å². The van der Waals surface area contributed by atoms with E-state index in [9.17, 15) is 9.59 Å². The molecule has 0 atom stereocenters. The molecule has 5 nitrogen and oxygen atoms in total. The second-order valence-corrected chi connectivity index (χ2v) is 9.96. The minimum atomic E-state index is -0.330. The van der Waals surface area contributed by atoms with Gasteiger partial charge < -0.3 is 9.15 Å². The summed E-state index contributed by atoms with van der Waals surface area (Å²) >= 11 is 6.82. The predicted octanol–water partition coefficient (Wildman–Crippen LogP) is 7.46. The number of hydrogen-bond acceptors (Lipinski definition) is 6. The van der Waals surface area contributed by atoms with E-state index in [4.69, 9.17) is 21.4 Å². The van der Waals surface area contributed by atoms with E-state index in [2.05, 4.69) is 0 Å². The molecule has 1 aliphatic rings. The van der Waals surface area contributed by atoms with Crippen LogP contribution in [-0.2, 0) is 9.53 Å². The Kier molecular flexibility index (Phi) is 7.02. The van der Waals surface area contributed by atoms with Crippen molar-refractivity contribution >= 4 is 62.7 Å². The number of ether oxygens (including phenoxy) is 1. The van der Waals surface area contributed by atoms with Crippen LogP contribution in [0.2, 0.25) is 0 Å². The molecular weight excluding hydrogens is 490 g/mol. The first-order valence-electron chi connectivity index (χ1n) is 11.7. The van der Waals surface area contributed by atoms with Gasteiger partial charge in [-0.05, 0) is 42.1 Å². The number of carbonyl (C=O) groups excluding carboxylic acids is 2. The van der Waals surface area contributed by atoms with Gasteiger partial charge in [0.25, 0.3) is 5.91 Å². The highest BCUT2D eigenvalue weighted by atomic mass is 32.2. The molecule has 5 rings (SSSR count). The van der Waals surface area contributed by atoms with Crippen molar-refractivity contribution in [2.45, 2.75) is 19.8 Å². The van der Waals surface area contributed by atoms with Gasteiger partial charge in [-0.2, -0.15) is 0 Å². The number of esters is 1. The monoisotopic (exact) mass is 513 g/mol. The Hall–Kier alpha value is -3.68. The largest absolute Gasteiger partial charge is 0.462 e. The van der Waals surface area contributed by atoms with Gasteiger partial charge in [-0.3, -0.25) is 9.69 Å². The summed E-state index contributed by atoms with van der Waals surface area (Å²) in [6, 6.07) is 24.5. The molecule has 0 radical (unpaired) electrons. The van der Waals surface area contributed by atoms with Crippen LogP contribution in [0, 0.1) is 0 Å². The maximum Gasteiger partial charge on any atom is 0.338 e. The fraction of sp³-hybridized carbons (Fsp3) is 0.138. The lowest BCUT2D eigenvalue weighted by Gasteiger charge is -2.17. The van der Waals surface area contributed by atoms with Crippen molar-refractivity contribution in [2.75, 3.05) is 11.5 Å². The Morgan fingerprint density at radius 2 is 1.81 bits per heavy atom. The minimum absolute atomic E-state index is 0.176. The van der Waals surface area contributed by atoms with Gasteiger partial charge in [-0.15, -0.1) is 0 Å². The third kappa shape index (κ3) is 4.85. The molecule has 0 bridgehead atoms. The first-order chi connectivity index (χ1) is 17.5. The number of thiocarbonyl (C=S) groups is 1. The van der Waals surface area contributed by atoms with E-state index < -0.39 is 0 Å². The maximum atomic E-state index is 13.3. The normalized spacial score (nSPS) is 14.7. The fourth-order valence-corrected chi connectivity index (χ4v) is 5.22. The number of amides is 1. The van der Waals surface area contributed by atoms with Gasteiger partial charge in [0.15, 0.2) is 4.32 Å². The molecule has 1 aromatic heterocycles. The van der Waals surface area contributed by atoms with E-state index in [1.165, 1.54) is 11.8 Å². The molecule has 0 spiro atoms. The van der Waals surface area contributed by atoms with Gasteiger partial charge in [-0.25, -0.2) is 4.79 Å². The number of anilines is 1. The van der Waals surface area contributed by atoms with E-state index in [0.717, 1.165) is 34.9 Å². The molecule has 0 N–H and O–H groups in total. The van der Waals surface area contributed by atoms with Gasteiger partial charge in [0.2, 0.25) is 0 Å². The number of thioether (sulfide) groups is 1. The zero-order valence-electron chi connectivity index (χ0n) is 19.6. The van der Waals surface area contributed by atoms with Gasteiger partial charge in [0, 0.05) is 17.0 Å². The Morgan fingerprint density at radius 3 is 2.61 bits per heavy atom. The molecule has 1 amide bonds. The van der Waals surface area contributed by atoms with Crippen LogP contribution in [-0.4, -0.2) is 22.8 Å². The molecule has 7 heteroatoms. The smallest absolute Gasteiger partial charge is 0.338 e. The lowest BCUT2D eigenvalue weighted by atomic mass is 10.1. The van der Waals surface area contributed by atoms with Crippen molar-refractivity contribution in [3.05, 3.63) is 95.1 Å². The van der Waals surface area contributed by atoms with Crippen LogP contribution in [0.5, 0.6) is 0 Å². The molecule has 3 aromatic carbocycles. The number of benzene rings is 3. The number of fused-ring (bicyclic) bond motifs is 1. The van der Waals surface area contributed by atoms with Crippen molar-refractivity contribution in [3.63, 3.8) is 0 Å². The fourth-order valence-electron chi connectivity index (χ4n) is 3.96. The zero-order valence-corrected chi connectivity index (χ0v) is 21.2. The highest BCUT2D eigenvalue weighted by Crippen LogP contribution is 2.39. The molecule has 36 heavy (non-hydrogen) atoms. The second kappa shape index (κ2) is 10.5. The standard InChI is InChI=1S/C29H23NO4S2/c1-2-3-17-33-28(32)21-13-11-20(12-14-21)25-16-15-22(34-25)18-26-27(31)30(29(35)36-26)24-10-6-8-19-7-4-5-9-23(19)24/h4-16,18H,2-3,17H2,1H3/b26-18-. The third-order valence-corrected chi connectivity index (χ3v) is 7.14. The number of rotatable bonds is 7. The summed E-state index contributed by atoms with van der Waals surface area (Å²) in [5, 5.41) is 2.01. The molecule has 1 saturated heterocycles. The molecular formula is C29H23NO4S2. The van der Waals surface area contributed by atoms with E-state index >= 15 is 0 Å². The number of unbranched alkanes of at least 4 members (excludes halogenated alkanes) is 1. The molecule has 180 valence electrons. The van der Waals surface area contributed by atoms with Crippen LogP contribution < -0.4 is 4.90 Å². The molecule has 1 aliphatic heterocycles. The van der Waals surface area contributed by atoms with Gasteiger partial charge >= 0.3 is 5.97 Å². The summed E-state index contributed by atoms with van der Waals surface area (Å²) in [6.45, 7) is 2.47. The van der Waals surface area contributed by atoms with Gasteiger partial charge in [0.05, 0.1) is 22.8 Å². The summed E-state index contributed by atoms with van der Waals surface area (Å²) in [7, 11) is 0. The quantitative estimate of drug-likeness (QED) is 0.111. The maximum absolute atomic E-state index is 13.3. The molecule has 1 fully saturated rings. The summed E-state index contributed by atoms with van der Waals surface area (Å²) < 4.78 is 11.7. The van der Waals surface area contributed by atoms with Crippen LogP contribution in [0.3, 0.4) is 0 Å². The summed E-state index contributed by atoms with van der Waals surface area (Å²) in [5.41, 5.74) is 2.09. The molecule has 0 aliphatic carbocycles. The number of furan rings is 1. The van der Waals surface area contributed by atoms with E-state index in [-0.39, 0.29) is 11.9 Å². The Labute approximate surface area is 218 Å². The average Bonchev–Trinajstić information content (AvgIpc) is 3.48. The molecule has 2 heterocycles. The first-order valence-corrected chi connectivity index (χ1v) is 12.9. The Balaban J connectivity index is 1.34. The van der Waals surface area contributed by atoms with Crippen LogP contribution in [0.25, 0.3) is 28.2 Å². The van der Waals surface area contributed by atoms with Crippen LogP contribution in [0.4, 0.5) is 5.69 Å². The second-order valence-electron chi connectivity index (χ2n) is 8.28. The summed E-state index contributed by atoms with van der Waals surface area (Å²) in [5.74, 6) is 0.678. The lowest BCUT2D eigenvalue weighted by molar-refractivity contribution is -0.113. The minimum Gasteiger partial charge on any atom is -0.462 e. The van der Waals surface area contributed by atoms with Crippen molar-refractivity contribution in [1.29, 1.82) is 0 Å². The van der Waals surface area contributed by atoms with Crippen LogP contribution in [0.1, 0.15) is 35.9 Å². The molecule has 0 saturated carbocycles. The highest BCUT2D eigenvalue weighted by Gasteiger charge is 2.34. The molecule has 4 aromatic rings.